The van der Waals surface area contributed by atoms with Crippen LogP contribution in [0.4, 0.5) is 13.2 Å². The largest absolute Gasteiger partial charge is 0.508 e. The summed E-state index contributed by atoms with van der Waals surface area (Å²) in [7, 11) is 0. The fourth-order valence-electron chi connectivity index (χ4n) is 3.06. The molecule has 36 heavy (non-hydrogen) atoms. The zero-order chi connectivity index (χ0) is 27.4. The van der Waals surface area contributed by atoms with Crippen LogP contribution in [0, 0.1) is 0 Å². The Hall–Kier alpha value is -3.79. The molecule has 2 aliphatic heterocycles. The predicted molar refractivity (Wildman–Crippen MR) is 115 cm³/mol. The molecule has 0 spiro atoms. The topological polar surface area (TPSA) is 197 Å². The number of aliphatic carboxylic acids is 2. The SMILES string of the molecule is CC(=O)OCC1=C(C(=O)O)N2C(=O)C(NC(=O)C(N)c3ccc(O)cc3)[C@H]2SC1.O=C(O)C(F)(F)F. The van der Waals surface area contributed by atoms with E-state index in [0.717, 1.165) is 4.90 Å². The Morgan fingerprint density at radius 1 is 1.22 bits per heavy atom. The number of β-lactam (4-membered cyclic amide) rings is 1. The fraction of sp³-hybridized carbons (Fsp3) is 0.350. The number of hydrogen-bond donors (Lipinski definition) is 5. The predicted octanol–water partition coefficient (Wildman–Crippen LogP) is 0.327. The van der Waals surface area contributed by atoms with Crippen LogP contribution in [-0.2, 0) is 28.7 Å². The van der Waals surface area contributed by atoms with Crippen molar-refractivity contribution in [1.82, 2.24) is 10.2 Å². The Morgan fingerprint density at radius 2 is 1.78 bits per heavy atom. The molecule has 12 nitrogen and oxygen atoms in total. The zero-order valence-electron chi connectivity index (χ0n) is 18.3. The molecule has 0 aromatic heterocycles. The first-order valence-electron chi connectivity index (χ1n) is 9.83. The van der Waals surface area contributed by atoms with Gasteiger partial charge in [-0.15, -0.1) is 11.8 Å². The maximum atomic E-state index is 12.6. The number of amides is 2. The van der Waals surface area contributed by atoms with Crippen LogP contribution in [-0.4, -0.2) is 79.9 Å². The second kappa shape index (κ2) is 11.3. The van der Waals surface area contributed by atoms with Gasteiger partial charge < -0.3 is 31.1 Å². The zero-order valence-corrected chi connectivity index (χ0v) is 19.1. The highest BCUT2D eigenvalue weighted by molar-refractivity contribution is 8.00. The molecular formula is C20H20F3N3O9S. The van der Waals surface area contributed by atoms with Gasteiger partial charge in [0.2, 0.25) is 5.91 Å². The maximum absolute atomic E-state index is 12.6. The molecule has 0 saturated carbocycles. The monoisotopic (exact) mass is 535 g/mol. The number of carbonyl (C=O) groups excluding carboxylic acids is 3. The smallest absolute Gasteiger partial charge is 0.490 e. The van der Waals surface area contributed by atoms with Crippen LogP contribution < -0.4 is 11.1 Å². The van der Waals surface area contributed by atoms with Crippen molar-refractivity contribution in [2.75, 3.05) is 12.4 Å². The van der Waals surface area contributed by atoms with Crippen molar-refractivity contribution in [2.24, 2.45) is 5.73 Å². The summed E-state index contributed by atoms with van der Waals surface area (Å²) in [6.07, 6.45) is -5.08. The van der Waals surface area contributed by atoms with Gasteiger partial charge >= 0.3 is 24.1 Å². The number of phenolic OH excluding ortho intramolecular Hbond substituents is 1. The second-order valence-electron chi connectivity index (χ2n) is 7.31. The Kier molecular flexibility index (Phi) is 8.93. The van der Waals surface area contributed by atoms with Gasteiger partial charge in [0, 0.05) is 18.2 Å². The summed E-state index contributed by atoms with van der Waals surface area (Å²) in [4.78, 5) is 57.7. The highest BCUT2D eigenvalue weighted by Gasteiger charge is 2.54. The first kappa shape index (κ1) is 28.4. The molecule has 0 bridgehead atoms. The van der Waals surface area contributed by atoms with Crippen molar-refractivity contribution in [3.05, 3.63) is 41.1 Å². The molecule has 2 heterocycles. The van der Waals surface area contributed by atoms with Gasteiger partial charge in [0.25, 0.3) is 5.91 Å². The van der Waals surface area contributed by atoms with Gasteiger partial charge in [-0.1, -0.05) is 12.1 Å². The van der Waals surface area contributed by atoms with E-state index in [1.165, 1.54) is 43.0 Å². The minimum Gasteiger partial charge on any atom is -0.508 e. The van der Waals surface area contributed by atoms with Crippen LogP contribution >= 0.6 is 11.8 Å². The molecule has 16 heteroatoms. The quantitative estimate of drug-likeness (QED) is 0.249. The van der Waals surface area contributed by atoms with Gasteiger partial charge in [0.1, 0.15) is 35.5 Å². The number of phenols is 1. The molecule has 0 radical (unpaired) electrons. The first-order chi connectivity index (χ1) is 16.6. The van der Waals surface area contributed by atoms with Gasteiger partial charge in [0.05, 0.1) is 0 Å². The van der Waals surface area contributed by atoms with Crippen molar-refractivity contribution in [1.29, 1.82) is 0 Å². The highest BCUT2D eigenvalue weighted by atomic mass is 32.2. The van der Waals surface area contributed by atoms with Gasteiger partial charge in [-0.25, -0.2) is 9.59 Å². The Morgan fingerprint density at radius 3 is 2.25 bits per heavy atom. The summed E-state index contributed by atoms with van der Waals surface area (Å²) in [6, 6.07) is 3.81. The number of nitrogens with one attached hydrogen (secondary N) is 1. The number of fused-ring (bicyclic) bond motifs is 1. The average molecular weight is 535 g/mol. The Bertz CT molecular complexity index is 1090. The number of alkyl halides is 3. The molecule has 2 unspecified atom stereocenters. The standard InChI is InChI=1S/C18H19N3O7S.C2HF3O2/c1-8(22)28-6-10-7-29-17-13(16(25)21(17)14(10)18(26)27)20-15(24)12(19)9-2-4-11(23)5-3-9;3-2(4,5)1(6)7/h2-5,12-13,17,23H,6-7,19H2,1H3,(H,20,24)(H,26,27);(H,6,7)/t12?,13?,17-;/m1./s1. The van der Waals surface area contributed by atoms with Crippen molar-refractivity contribution >= 4 is 41.5 Å². The van der Waals surface area contributed by atoms with Crippen LogP contribution in [0.5, 0.6) is 5.75 Å². The van der Waals surface area contributed by atoms with E-state index >= 15 is 0 Å². The number of thioether (sulfide) groups is 1. The molecule has 1 aromatic carbocycles. The Labute approximate surface area is 204 Å². The number of carbonyl (C=O) groups is 5. The van der Waals surface area contributed by atoms with Crippen molar-refractivity contribution < 1.29 is 57.2 Å². The molecule has 3 rings (SSSR count). The maximum Gasteiger partial charge on any atom is 0.490 e. The minimum absolute atomic E-state index is 0.0299. The summed E-state index contributed by atoms with van der Waals surface area (Å²) in [5, 5.41) is 27.9. The van der Waals surface area contributed by atoms with Crippen molar-refractivity contribution in [3.8, 4) is 5.75 Å². The number of aromatic hydroxyl groups is 1. The Balaban J connectivity index is 0.000000572. The van der Waals surface area contributed by atoms with Crippen LogP contribution in [0.3, 0.4) is 0 Å². The van der Waals surface area contributed by atoms with Gasteiger partial charge in [-0.3, -0.25) is 19.3 Å². The summed E-state index contributed by atoms with van der Waals surface area (Å²) in [5.74, 6) is -5.53. The summed E-state index contributed by atoms with van der Waals surface area (Å²) >= 11 is 1.26. The third-order valence-electron chi connectivity index (χ3n) is 4.77. The molecule has 6 N–H and O–H groups in total. The number of hydrogen-bond acceptors (Lipinski definition) is 9. The van der Waals surface area contributed by atoms with Crippen molar-refractivity contribution in [3.63, 3.8) is 0 Å². The number of rotatable bonds is 6. The number of esters is 1. The van der Waals surface area contributed by atoms with Gasteiger partial charge in [0.15, 0.2) is 0 Å². The lowest BCUT2D eigenvalue weighted by molar-refractivity contribution is -0.192. The summed E-state index contributed by atoms with van der Waals surface area (Å²) < 4.78 is 36.6. The fourth-order valence-corrected chi connectivity index (χ4v) is 4.39. The highest BCUT2D eigenvalue weighted by Crippen LogP contribution is 2.40. The average Bonchev–Trinajstić information content (AvgIpc) is 2.79. The number of ether oxygens (including phenoxy) is 1. The number of benzene rings is 1. The van der Waals surface area contributed by atoms with E-state index in [9.17, 15) is 42.6 Å². The lowest BCUT2D eigenvalue weighted by Gasteiger charge is -2.49. The molecule has 196 valence electrons. The second-order valence-corrected chi connectivity index (χ2v) is 8.41. The van der Waals surface area contributed by atoms with Crippen LogP contribution in [0.15, 0.2) is 35.5 Å². The number of carboxylic acids is 2. The number of carboxylic acid groups (broad SMARTS) is 2. The van der Waals surface area contributed by atoms with Crippen molar-refractivity contribution in [2.45, 2.75) is 30.6 Å². The summed E-state index contributed by atoms with van der Waals surface area (Å²) in [6.45, 7) is 0.987. The third kappa shape index (κ3) is 6.66. The number of halogens is 3. The molecule has 1 fully saturated rings. The van der Waals surface area contributed by atoms with Gasteiger partial charge in [-0.05, 0) is 17.7 Å². The molecule has 2 aliphatic rings. The van der Waals surface area contributed by atoms with Crippen LogP contribution in [0.25, 0.3) is 0 Å². The van der Waals surface area contributed by atoms with E-state index in [4.69, 9.17) is 20.4 Å². The molecular weight excluding hydrogens is 515 g/mol. The first-order valence-corrected chi connectivity index (χ1v) is 10.9. The summed E-state index contributed by atoms with van der Waals surface area (Å²) in [5.41, 5.74) is 6.46. The van der Waals surface area contributed by atoms with E-state index in [0.29, 0.717) is 11.1 Å². The van der Waals surface area contributed by atoms with Gasteiger partial charge in [-0.2, -0.15) is 13.2 Å². The lowest BCUT2D eigenvalue weighted by Crippen LogP contribution is -2.71. The van der Waals surface area contributed by atoms with Crippen LogP contribution in [0.1, 0.15) is 18.5 Å². The van der Waals surface area contributed by atoms with Crippen LogP contribution in [0.2, 0.25) is 0 Å². The normalized spacial score (nSPS) is 19.7. The van der Waals surface area contributed by atoms with E-state index in [-0.39, 0.29) is 23.8 Å². The third-order valence-corrected chi connectivity index (χ3v) is 6.11. The molecule has 1 aromatic rings. The van der Waals surface area contributed by atoms with E-state index in [2.05, 4.69) is 5.32 Å². The van der Waals surface area contributed by atoms with E-state index in [1.807, 2.05) is 0 Å². The molecule has 1 saturated heterocycles. The lowest BCUT2D eigenvalue weighted by atomic mass is 10.0. The molecule has 0 aliphatic carbocycles. The number of nitrogens with two attached hydrogens (primary N) is 1. The molecule has 3 atom stereocenters. The van der Waals surface area contributed by atoms with E-state index < -0.39 is 53.4 Å². The minimum atomic E-state index is -5.08. The number of nitrogens with zero attached hydrogens (tertiary/aromatic N) is 1. The molecule has 2 amide bonds. The van der Waals surface area contributed by atoms with E-state index in [1.54, 1.807) is 0 Å².